The Morgan fingerprint density at radius 1 is 1.24 bits per heavy atom. The van der Waals surface area contributed by atoms with E-state index in [-0.39, 0.29) is 5.91 Å². The van der Waals surface area contributed by atoms with Gasteiger partial charge in [0.25, 0.3) is 5.91 Å². The van der Waals surface area contributed by atoms with Gasteiger partial charge in [0.2, 0.25) is 0 Å². The summed E-state index contributed by atoms with van der Waals surface area (Å²) in [5, 5.41) is 4.14. The van der Waals surface area contributed by atoms with E-state index < -0.39 is 0 Å². The van der Waals surface area contributed by atoms with E-state index in [0.717, 1.165) is 10.9 Å². The number of carbonyl (C=O) groups excluding carboxylic acids is 1. The van der Waals surface area contributed by atoms with Crippen molar-refractivity contribution in [3.63, 3.8) is 0 Å². The van der Waals surface area contributed by atoms with Crippen molar-refractivity contribution in [3.05, 3.63) is 57.4 Å². The highest BCUT2D eigenvalue weighted by molar-refractivity contribution is 7.12. The molecule has 21 heavy (non-hydrogen) atoms. The third kappa shape index (κ3) is 2.36. The van der Waals surface area contributed by atoms with Crippen LogP contribution in [0.15, 0.2) is 36.5 Å². The second kappa shape index (κ2) is 5.04. The summed E-state index contributed by atoms with van der Waals surface area (Å²) in [6, 6.07) is 10.0. The molecule has 0 saturated carbocycles. The number of nitrogens with one attached hydrogen (secondary N) is 2. The minimum atomic E-state index is -0.0138. The van der Waals surface area contributed by atoms with Crippen LogP contribution >= 0.6 is 11.3 Å². The number of aromatic nitrogens is 1. The summed E-state index contributed by atoms with van der Waals surface area (Å²) in [4.78, 5) is 18.1. The molecule has 1 aliphatic rings. The zero-order chi connectivity index (χ0) is 14.2. The van der Waals surface area contributed by atoms with E-state index in [2.05, 4.69) is 16.4 Å². The molecule has 0 unspecified atom stereocenters. The number of benzene rings is 1. The molecular formula is C17H16N2OS. The van der Waals surface area contributed by atoms with Crippen molar-refractivity contribution in [2.24, 2.45) is 0 Å². The van der Waals surface area contributed by atoms with Gasteiger partial charge in [0.1, 0.15) is 0 Å². The monoisotopic (exact) mass is 296 g/mol. The molecule has 0 radical (unpaired) electrons. The number of H-pyrrole nitrogens is 1. The van der Waals surface area contributed by atoms with Gasteiger partial charge in [-0.2, -0.15) is 0 Å². The van der Waals surface area contributed by atoms with Crippen molar-refractivity contribution < 1.29 is 4.79 Å². The molecule has 106 valence electrons. The van der Waals surface area contributed by atoms with Crippen LogP contribution in [0.5, 0.6) is 0 Å². The van der Waals surface area contributed by atoms with Crippen LogP contribution < -0.4 is 5.32 Å². The summed E-state index contributed by atoms with van der Waals surface area (Å²) in [6.07, 6.45) is 5.57. The third-order valence-electron chi connectivity index (χ3n) is 4.04. The first-order chi connectivity index (χ1) is 10.3. The zero-order valence-electron chi connectivity index (χ0n) is 11.6. The highest BCUT2D eigenvalue weighted by Gasteiger charge is 2.15. The van der Waals surface area contributed by atoms with Gasteiger partial charge in [-0.3, -0.25) is 4.79 Å². The number of hydrogen-bond donors (Lipinski definition) is 2. The summed E-state index contributed by atoms with van der Waals surface area (Å²) in [5.41, 5.74) is 3.18. The number of amides is 1. The Kier molecular flexibility index (Phi) is 3.04. The maximum Gasteiger partial charge on any atom is 0.251 e. The Labute approximate surface area is 127 Å². The number of aryl methyl sites for hydroxylation is 2. The summed E-state index contributed by atoms with van der Waals surface area (Å²) < 4.78 is 0. The molecule has 1 aromatic carbocycles. The van der Waals surface area contributed by atoms with Gasteiger partial charge in [0.15, 0.2) is 0 Å². The molecule has 4 heteroatoms. The van der Waals surface area contributed by atoms with Gasteiger partial charge in [-0.15, -0.1) is 11.3 Å². The van der Waals surface area contributed by atoms with Gasteiger partial charge in [0.05, 0.1) is 6.54 Å². The van der Waals surface area contributed by atoms with Gasteiger partial charge < -0.3 is 10.3 Å². The molecule has 3 nitrogen and oxygen atoms in total. The molecule has 0 aliphatic heterocycles. The molecule has 1 amide bonds. The standard InChI is InChI=1S/C17H16N2OS/c20-17(13-5-4-11-6-7-18-15(11)9-13)19-10-14-8-12-2-1-3-16(12)21-14/h4-9,18H,1-3,10H2,(H,19,20). The van der Waals surface area contributed by atoms with E-state index in [0.29, 0.717) is 12.1 Å². The second-order valence-electron chi connectivity index (χ2n) is 5.48. The number of hydrogen-bond acceptors (Lipinski definition) is 2. The average molecular weight is 296 g/mol. The minimum absolute atomic E-state index is 0.0138. The van der Waals surface area contributed by atoms with Crippen molar-refractivity contribution in [1.29, 1.82) is 0 Å². The zero-order valence-corrected chi connectivity index (χ0v) is 12.4. The lowest BCUT2D eigenvalue weighted by Gasteiger charge is -2.04. The largest absolute Gasteiger partial charge is 0.361 e. The van der Waals surface area contributed by atoms with E-state index >= 15 is 0 Å². The highest BCUT2D eigenvalue weighted by Crippen LogP contribution is 2.30. The lowest BCUT2D eigenvalue weighted by molar-refractivity contribution is 0.0951. The Morgan fingerprint density at radius 2 is 2.19 bits per heavy atom. The van der Waals surface area contributed by atoms with Crippen LogP contribution in [0.3, 0.4) is 0 Å². The molecule has 2 heterocycles. The number of aromatic amines is 1. The van der Waals surface area contributed by atoms with E-state index in [1.807, 2.05) is 41.8 Å². The van der Waals surface area contributed by atoms with Crippen LogP contribution in [0.1, 0.15) is 32.1 Å². The van der Waals surface area contributed by atoms with Crippen LogP contribution in [0.4, 0.5) is 0 Å². The molecule has 0 atom stereocenters. The van der Waals surface area contributed by atoms with Crippen molar-refractivity contribution in [2.75, 3.05) is 0 Å². The normalized spacial score (nSPS) is 13.5. The first-order valence-electron chi connectivity index (χ1n) is 7.25. The Bertz CT molecular complexity index is 794. The van der Waals surface area contributed by atoms with Gasteiger partial charge in [-0.1, -0.05) is 6.07 Å². The van der Waals surface area contributed by atoms with Crippen LogP contribution in [0, 0.1) is 0 Å². The van der Waals surface area contributed by atoms with Crippen molar-refractivity contribution in [1.82, 2.24) is 10.3 Å². The number of rotatable bonds is 3. The second-order valence-corrected chi connectivity index (χ2v) is 6.70. The quantitative estimate of drug-likeness (QED) is 0.761. The molecule has 0 saturated heterocycles. The first kappa shape index (κ1) is 12.7. The topological polar surface area (TPSA) is 44.9 Å². The molecule has 0 spiro atoms. The summed E-state index contributed by atoms with van der Waals surface area (Å²) >= 11 is 1.84. The van der Waals surface area contributed by atoms with E-state index in [4.69, 9.17) is 0 Å². The Balaban J connectivity index is 1.47. The minimum Gasteiger partial charge on any atom is -0.361 e. The van der Waals surface area contributed by atoms with Crippen LogP contribution in [-0.2, 0) is 19.4 Å². The predicted octanol–water partition coefficient (Wildman–Crippen LogP) is 3.65. The van der Waals surface area contributed by atoms with E-state index in [1.165, 1.54) is 34.6 Å². The smallest absolute Gasteiger partial charge is 0.251 e. The number of thiophene rings is 1. The lowest BCUT2D eigenvalue weighted by atomic mass is 10.1. The molecule has 2 N–H and O–H groups in total. The molecule has 2 aromatic heterocycles. The summed E-state index contributed by atoms with van der Waals surface area (Å²) in [6.45, 7) is 0.624. The average Bonchev–Trinajstić information content (AvgIpc) is 3.18. The number of fused-ring (bicyclic) bond motifs is 2. The van der Waals surface area contributed by atoms with Gasteiger partial charge >= 0.3 is 0 Å². The van der Waals surface area contributed by atoms with Crippen molar-refractivity contribution in [3.8, 4) is 0 Å². The van der Waals surface area contributed by atoms with E-state index in [1.54, 1.807) is 0 Å². The van der Waals surface area contributed by atoms with Crippen LogP contribution in [0.2, 0.25) is 0 Å². The highest BCUT2D eigenvalue weighted by atomic mass is 32.1. The molecule has 1 aliphatic carbocycles. The first-order valence-corrected chi connectivity index (χ1v) is 8.07. The summed E-state index contributed by atoms with van der Waals surface area (Å²) in [7, 11) is 0. The fraction of sp³-hybridized carbons (Fsp3) is 0.235. The van der Waals surface area contributed by atoms with Gasteiger partial charge in [-0.05, 0) is 54.5 Å². The van der Waals surface area contributed by atoms with Gasteiger partial charge in [0, 0.05) is 27.0 Å². The molecule has 0 fully saturated rings. The fourth-order valence-corrected chi connectivity index (χ4v) is 4.14. The van der Waals surface area contributed by atoms with Crippen LogP contribution in [0.25, 0.3) is 10.9 Å². The molecule has 3 aromatic rings. The maximum absolute atomic E-state index is 12.2. The molecule has 0 bridgehead atoms. The Morgan fingerprint density at radius 3 is 3.10 bits per heavy atom. The lowest BCUT2D eigenvalue weighted by Crippen LogP contribution is -2.22. The van der Waals surface area contributed by atoms with Crippen molar-refractivity contribution in [2.45, 2.75) is 25.8 Å². The van der Waals surface area contributed by atoms with E-state index in [9.17, 15) is 4.79 Å². The third-order valence-corrected chi connectivity index (χ3v) is 5.28. The van der Waals surface area contributed by atoms with Crippen molar-refractivity contribution >= 4 is 28.1 Å². The van der Waals surface area contributed by atoms with Gasteiger partial charge in [-0.25, -0.2) is 0 Å². The number of carbonyl (C=O) groups is 1. The summed E-state index contributed by atoms with van der Waals surface area (Å²) in [5.74, 6) is -0.0138. The molecular weight excluding hydrogens is 280 g/mol. The van der Waals surface area contributed by atoms with Crippen LogP contribution in [-0.4, -0.2) is 10.9 Å². The predicted molar refractivity (Wildman–Crippen MR) is 85.8 cm³/mol. The fourth-order valence-electron chi connectivity index (χ4n) is 2.94. The maximum atomic E-state index is 12.2. The SMILES string of the molecule is O=C(NCc1cc2c(s1)CCC2)c1ccc2cc[nH]c2c1. The Hall–Kier alpha value is -2.07. The molecule has 4 rings (SSSR count).